The fraction of sp³-hybridized carbons (Fsp3) is 0.733. The zero-order valence-electron chi connectivity index (χ0n) is 14.5. The van der Waals surface area contributed by atoms with Crippen LogP contribution >= 0.6 is 0 Å². The van der Waals surface area contributed by atoms with E-state index in [2.05, 4.69) is 39.0 Å². The lowest BCUT2D eigenvalue weighted by molar-refractivity contribution is 0.0512. The second-order valence-corrected chi connectivity index (χ2v) is 13.6. The van der Waals surface area contributed by atoms with Gasteiger partial charge in [0.2, 0.25) is 5.88 Å². The second kappa shape index (κ2) is 5.83. The lowest BCUT2D eigenvalue weighted by Gasteiger charge is -2.35. The Morgan fingerprint density at radius 3 is 2.29 bits per heavy atom. The molecule has 21 heavy (non-hydrogen) atoms. The third-order valence-corrected chi connectivity index (χ3v) is 8.68. The SMILES string of the molecule is CC(C)(C)OC(=O)n1ccc(OC[Si](C)(C)C(C)(C)C)n1. The highest BCUT2D eigenvalue weighted by atomic mass is 28.3. The summed E-state index contributed by atoms with van der Waals surface area (Å²) in [5.41, 5.74) is -0.537. The first kappa shape index (κ1) is 17.7. The summed E-state index contributed by atoms with van der Waals surface area (Å²) in [6, 6.07) is 1.69. The fourth-order valence-electron chi connectivity index (χ4n) is 1.27. The summed E-state index contributed by atoms with van der Waals surface area (Å²) >= 11 is 0. The van der Waals surface area contributed by atoms with Gasteiger partial charge < -0.3 is 9.47 Å². The van der Waals surface area contributed by atoms with E-state index in [0.717, 1.165) is 0 Å². The summed E-state index contributed by atoms with van der Waals surface area (Å²) in [4.78, 5) is 11.9. The summed E-state index contributed by atoms with van der Waals surface area (Å²) in [5, 5.41) is 4.37. The molecule has 0 aliphatic carbocycles. The van der Waals surface area contributed by atoms with E-state index in [1.807, 2.05) is 20.8 Å². The summed E-state index contributed by atoms with van der Waals surface area (Å²) in [7, 11) is -1.53. The number of nitrogens with zero attached hydrogens (tertiary/aromatic N) is 2. The van der Waals surface area contributed by atoms with Crippen molar-refractivity contribution in [3.63, 3.8) is 0 Å². The van der Waals surface area contributed by atoms with Gasteiger partial charge in [-0.15, -0.1) is 5.10 Å². The minimum Gasteiger partial charge on any atom is -0.480 e. The van der Waals surface area contributed by atoms with Crippen molar-refractivity contribution in [1.29, 1.82) is 0 Å². The number of hydrogen-bond acceptors (Lipinski definition) is 4. The molecule has 1 aromatic heterocycles. The van der Waals surface area contributed by atoms with Gasteiger partial charge in [0.15, 0.2) is 0 Å². The molecule has 0 spiro atoms. The molecule has 0 amide bonds. The van der Waals surface area contributed by atoms with Crippen LogP contribution in [0.4, 0.5) is 4.79 Å². The maximum atomic E-state index is 11.9. The van der Waals surface area contributed by atoms with Crippen molar-refractivity contribution in [2.75, 3.05) is 6.23 Å². The monoisotopic (exact) mass is 312 g/mol. The quantitative estimate of drug-likeness (QED) is 0.789. The summed E-state index contributed by atoms with van der Waals surface area (Å²) in [6.45, 7) is 16.8. The zero-order chi connectivity index (χ0) is 16.5. The molecule has 0 unspecified atom stereocenters. The molecule has 0 bridgehead atoms. The molecule has 0 aromatic carbocycles. The second-order valence-electron chi connectivity index (χ2n) is 8.00. The topological polar surface area (TPSA) is 53.4 Å². The van der Waals surface area contributed by atoms with Crippen LogP contribution in [0.15, 0.2) is 12.3 Å². The Morgan fingerprint density at radius 2 is 1.81 bits per heavy atom. The Labute approximate surface area is 128 Å². The lowest BCUT2D eigenvalue weighted by Crippen LogP contribution is -2.43. The van der Waals surface area contributed by atoms with Gasteiger partial charge >= 0.3 is 6.09 Å². The van der Waals surface area contributed by atoms with Gasteiger partial charge in [0, 0.05) is 12.3 Å². The first-order chi connectivity index (χ1) is 9.32. The smallest absolute Gasteiger partial charge is 0.435 e. The van der Waals surface area contributed by atoms with Crippen LogP contribution in [0.3, 0.4) is 0 Å². The highest BCUT2D eigenvalue weighted by molar-refractivity contribution is 6.80. The van der Waals surface area contributed by atoms with Crippen molar-refractivity contribution in [2.24, 2.45) is 0 Å². The third kappa shape index (κ3) is 5.19. The van der Waals surface area contributed by atoms with Crippen LogP contribution in [0.5, 0.6) is 5.88 Å². The van der Waals surface area contributed by atoms with Crippen LogP contribution in [-0.4, -0.2) is 35.8 Å². The molecular weight excluding hydrogens is 284 g/mol. The Bertz CT molecular complexity index is 496. The van der Waals surface area contributed by atoms with E-state index in [0.29, 0.717) is 12.1 Å². The number of carbonyl (C=O) groups excluding carboxylic acids is 1. The molecule has 1 rings (SSSR count). The molecule has 0 saturated heterocycles. The van der Waals surface area contributed by atoms with E-state index in [1.54, 1.807) is 12.3 Å². The van der Waals surface area contributed by atoms with Crippen LogP contribution in [0.2, 0.25) is 18.1 Å². The number of aromatic nitrogens is 2. The maximum Gasteiger partial charge on any atom is 0.435 e. The first-order valence-corrected chi connectivity index (χ1v) is 10.4. The molecule has 0 N–H and O–H groups in total. The molecule has 0 aliphatic rings. The average molecular weight is 312 g/mol. The van der Waals surface area contributed by atoms with Crippen molar-refractivity contribution in [2.45, 2.75) is 65.3 Å². The summed E-state index contributed by atoms with van der Waals surface area (Å²) in [6.07, 6.45) is 1.74. The van der Waals surface area contributed by atoms with Gasteiger partial charge in [-0.3, -0.25) is 0 Å². The molecule has 0 saturated carbocycles. The van der Waals surface area contributed by atoms with Gasteiger partial charge in [-0.05, 0) is 25.8 Å². The maximum absolute atomic E-state index is 11.9. The predicted octanol–water partition coefficient (Wildman–Crippen LogP) is 4.09. The first-order valence-electron chi connectivity index (χ1n) is 7.24. The molecule has 0 aliphatic heterocycles. The van der Waals surface area contributed by atoms with E-state index in [9.17, 15) is 4.79 Å². The van der Waals surface area contributed by atoms with E-state index in [-0.39, 0.29) is 5.04 Å². The standard InChI is InChI=1S/C15H28N2O3Si/c1-14(2,3)20-13(18)17-10-9-12(16-17)19-11-21(7,8)15(4,5)6/h9-10H,11H2,1-8H3. The van der Waals surface area contributed by atoms with Crippen LogP contribution in [0.25, 0.3) is 0 Å². The molecule has 0 atom stereocenters. The van der Waals surface area contributed by atoms with Gasteiger partial charge in [0.1, 0.15) is 5.60 Å². The third-order valence-electron chi connectivity index (χ3n) is 3.76. The van der Waals surface area contributed by atoms with Crippen molar-refractivity contribution in [3.8, 4) is 5.88 Å². The van der Waals surface area contributed by atoms with Crippen LogP contribution in [-0.2, 0) is 4.74 Å². The van der Waals surface area contributed by atoms with E-state index in [1.165, 1.54) is 4.68 Å². The van der Waals surface area contributed by atoms with Crippen molar-refractivity contribution >= 4 is 14.2 Å². The Balaban J connectivity index is 2.67. The highest BCUT2D eigenvalue weighted by Gasteiger charge is 2.36. The Morgan fingerprint density at radius 1 is 1.24 bits per heavy atom. The van der Waals surface area contributed by atoms with E-state index < -0.39 is 19.8 Å². The molecule has 1 aromatic rings. The number of hydrogen-bond donors (Lipinski definition) is 0. The zero-order valence-corrected chi connectivity index (χ0v) is 15.5. The summed E-state index contributed by atoms with van der Waals surface area (Å²) < 4.78 is 12.2. The predicted molar refractivity (Wildman–Crippen MR) is 86.6 cm³/mol. The number of ether oxygens (including phenoxy) is 2. The fourth-order valence-corrected chi connectivity index (χ4v) is 2.21. The molecule has 5 nitrogen and oxygen atoms in total. The van der Waals surface area contributed by atoms with Crippen molar-refractivity contribution in [1.82, 2.24) is 9.78 Å². The molecule has 0 radical (unpaired) electrons. The molecule has 6 heteroatoms. The van der Waals surface area contributed by atoms with Crippen molar-refractivity contribution in [3.05, 3.63) is 12.3 Å². The van der Waals surface area contributed by atoms with Crippen LogP contribution < -0.4 is 4.74 Å². The Kier molecular flexibility index (Phi) is 4.93. The summed E-state index contributed by atoms with van der Waals surface area (Å²) in [5.74, 6) is 0.464. The van der Waals surface area contributed by atoms with Gasteiger partial charge in [-0.2, -0.15) is 4.68 Å². The molecular formula is C15H28N2O3Si. The van der Waals surface area contributed by atoms with Gasteiger partial charge in [-0.1, -0.05) is 33.9 Å². The minimum atomic E-state index is -1.53. The molecule has 1 heterocycles. The molecule has 0 fully saturated rings. The minimum absolute atomic E-state index is 0.251. The van der Waals surface area contributed by atoms with Crippen molar-refractivity contribution < 1.29 is 14.3 Å². The average Bonchev–Trinajstić information content (AvgIpc) is 2.71. The number of rotatable bonds is 3. The van der Waals surface area contributed by atoms with Crippen LogP contribution in [0, 0.1) is 0 Å². The van der Waals surface area contributed by atoms with E-state index >= 15 is 0 Å². The Hall–Kier alpha value is -1.30. The lowest BCUT2D eigenvalue weighted by atomic mass is 10.2. The van der Waals surface area contributed by atoms with E-state index in [4.69, 9.17) is 9.47 Å². The normalized spacial score (nSPS) is 13.1. The number of carbonyl (C=O) groups is 1. The molecule has 120 valence electrons. The van der Waals surface area contributed by atoms with Gasteiger partial charge in [0.25, 0.3) is 0 Å². The van der Waals surface area contributed by atoms with Gasteiger partial charge in [-0.25, -0.2) is 4.79 Å². The van der Waals surface area contributed by atoms with Crippen LogP contribution in [0.1, 0.15) is 41.5 Å². The van der Waals surface area contributed by atoms with Gasteiger partial charge in [0.05, 0.1) is 14.3 Å². The highest BCUT2D eigenvalue weighted by Crippen LogP contribution is 2.35. The largest absolute Gasteiger partial charge is 0.480 e.